The minimum Gasteiger partial charge on any atom is -0.494 e. The zero-order valence-corrected chi connectivity index (χ0v) is 20.5. The summed E-state index contributed by atoms with van der Waals surface area (Å²) in [5, 5.41) is 8.97. The molecule has 0 fully saturated rings. The lowest BCUT2D eigenvalue weighted by Crippen LogP contribution is -2.29. The first-order valence-corrected chi connectivity index (χ1v) is 12.3. The molecule has 4 rings (SSSR count). The van der Waals surface area contributed by atoms with E-state index < -0.39 is 0 Å². The van der Waals surface area contributed by atoms with Crippen LogP contribution >= 0.6 is 0 Å². The van der Waals surface area contributed by atoms with E-state index in [1.54, 1.807) is 0 Å². The summed E-state index contributed by atoms with van der Waals surface area (Å²) in [5.41, 5.74) is 1.81. The molecular weight excluding hydrogens is 428 g/mol. The number of benzene rings is 2. The van der Waals surface area contributed by atoms with Gasteiger partial charge in [-0.15, -0.1) is 0 Å². The molecule has 4 aromatic rings. The number of furan rings is 2. The van der Waals surface area contributed by atoms with Crippen LogP contribution in [0.15, 0.2) is 57.4 Å². The Kier molecular flexibility index (Phi) is 8.50. The van der Waals surface area contributed by atoms with Crippen molar-refractivity contribution in [1.29, 1.82) is 0 Å². The molecule has 182 valence electrons. The first-order chi connectivity index (χ1) is 16.6. The average Bonchev–Trinajstić information content (AvgIpc) is 3.39. The predicted molar refractivity (Wildman–Crippen MR) is 137 cm³/mol. The van der Waals surface area contributed by atoms with Gasteiger partial charge >= 0.3 is 0 Å². The SMILES string of the molecule is CCNCCCOc1ccc2oc(CCCNC[C@H](C)Oc3ccc4oc(C)cc4c3)cc2c1. The summed E-state index contributed by atoms with van der Waals surface area (Å²) in [6, 6.07) is 16.2. The molecule has 6 heteroatoms. The monoisotopic (exact) mass is 464 g/mol. The highest BCUT2D eigenvalue weighted by Gasteiger charge is 2.08. The Morgan fingerprint density at radius 2 is 1.59 bits per heavy atom. The van der Waals surface area contributed by atoms with Gasteiger partial charge in [0.15, 0.2) is 0 Å². The van der Waals surface area contributed by atoms with Crippen molar-refractivity contribution in [1.82, 2.24) is 10.6 Å². The van der Waals surface area contributed by atoms with Crippen molar-refractivity contribution in [3.8, 4) is 11.5 Å². The summed E-state index contributed by atoms with van der Waals surface area (Å²) in [7, 11) is 0. The molecule has 0 aliphatic carbocycles. The van der Waals surface area contributed by atoms with Crippen LogP contribution in [-0.2, 0) is 6.42 Å². The van der Waals surface area contributed by atoms with Crippen LogP contribution in [0.5, 0.6) is 11.5 Å². The second-order valence-electron chi connectivity index (χ2n) is 8.76. The summed E-state index contributed by atoms with van der Waals surface area (Å²) >= 11 is 0. The van der Waals surface area contributed by atoms with Gasteiger partial charge in [-0.1, -0.05) is 6.92 Å². The topological polar surface area (TPSA) is 68.8 Å². The zero-order chi connectivity index (χ0) is 23.8. The van der Waals surface area contributed by atoms with Gasteiger partial charge in [-0.05, 0) is 94.9 Å². The Morgan fingerprint density at radius 3 is 2.44 bits per heavy atom. The van der Waals surface area contributed by atoms with Gasteiger partial charge in [0.25, 0.3) is 0 Å². The maximum absolute atomic E-state index is 6.06. The summed E-state index contributed by atoms with van der Waals surface area (Å²) < 4.78 is 23.5. The minimum absolute atomic E-state index is 0.0767. The van der Waals surface area contributed by atoms with Crippen molar-refractivity contribution in [2.24, 2.45) is 0 Å². The van der Waals surface area contributed by atoms with Crippen molar-refractivity contribution < 1.29 is 18.3 Å². The normalized spacial score (nSPS) is 12.4. The fraction of sp³-hybridized carbons (Fsp3) is 0.429. The minimum atomic E-state index is 0.0767. The van der Waals surface area contributed by atoms with Crippen LogP contribution in [-0.4, -0.2) is 38.9 Å². The molecule has 0 bridgehead atoms. The first kappa shape index (κ1) is 24.2. The van der Waals surface area contributed by atoms with E-state index in [-0.39, 0.29) is 6.10 Å². The van der Waals surface area contributed by atoms with Gasteiger partial charge < -0.3 is 28.9 Å². The molecule has 0 spiro atoms. The van der Waals surface area contributed by atoms with E-state index in [9.17, 15) is 0 Å². The zero-order valence-electron chi connectivity index (χ0n) is 20.5. The van der Waals surface area contributed by atoms with Crippen molar-refractivity contribution in [2.75, 3.05) is 32.8 Å². The molecule has 0 radical (unpaired) electrons. The highest BCUT2D eigenvalue weighted by atomic mass is 16.5. The molecule has 1 atom stereocenters. The summed E-state index contributed by atoms with van der Waals surface area (Å²) in [6.45, 7) is 10.5. The van der Waals surface area contributed by atoms with Gasteiger partial charge in [-0.25, -0.2) is 0 Å². The van der Waals surface area contributed by atoms with Crippen LogP contribution in [0, 0.1) is 6.92 Å². The number of rotatable bonds is 14. The number of hydrogen-bond acceptors (Lipinski definition) is 6. The van der Waals surface area contributed by atoms with Gasteiger partial charge in [0.2, 0.25) is 0 Å². The Labute approximate surface area is 201 Å². The molecule has 2 heterocycles. The van der Waals surface area contributed by atoms with E-state index in [4.69, 9.17) is 18.3 Å². The average molecular weight is 465 g/mol. The maximum Gasteiger partial charge on any atom is 0.134 e. The van der Waals surface area contributed by atoms with Crippen LogP contribution in [0.25, 0.3) is 21.9 Å². The standard InChI is InChI=1S/C28H36N2O4/c1-4-29-13-6-14-31-24-8-10-28-23(16-24)18-25(34-28)7-5-12-30-19-21(3)32-26-9-11-27-22(17-26)15-20(2)33-27/h8-11,15-18,21,29-30H,4-7,12-14,19H2,1-3H3/t21-/m0/s1. The maximum atomic E-state index is 6.06. The summed E-state index contributed by atoms with van der Waals surface area (Å²) in [4.78, 5) is 0. The molecule has 0 aliphatic heterocycles. The van der Waals surface area contributed by atoms with Crippen LogP contribution in [0.2, 0.25) is 0 Å². The van der Waals surface area contributed by atoms with E-state index in [1.807, 2.05) is 43.3 Å². The molecule has 2 aromatic carbocycles. The molecule has 6 nitrogen and oxygen atoms in total. The molecule has 2 N–H and O–H groups in total. The summed E-state index contributed by atoms with van der Waals surface area (Å²) in [5.74, 6) is 3.68. The van der Waals surface area contributed by atoms with Gasteiger partial charge in [0, 0.05) is 23.7 Å². The third-order valence-corrected chi connectivity index (χ3v) is 5.71. The first-order valence-electron chi connectivity index (χ1n) is 12.3. The fourth-order valence-corrected chi connectivity index (χ4v) is 4.05. The van der Waals surface area contributed by atoms with Gasteiger partial charge in [0.05, 0.1) is 6.61 Å². The smallest absolute Gasteiger partial charge is 0.134 e. The highest BCUT2D eigenvalue weighted by Crippen LogP contribution is 2.26. The molecular formula is C28H36N2O4. The van der Waals surface area contributed by atoms with E-state index in [2.05, 4.69) is 36.6 Å². The lowest BCUT2D eigenvalue weighted by Gasteiger charge is -2.15. The predicted octanol–water partition coefficient (Wildman–Crippen LogP) is 5.86. The second kappa shape index (κ2) is 12.0. The van der Waals surface area contributed by atoms with E-state index in [1.165, 1.54) is 0 Å². The van der Waals surface area contributed by atoms with Crippen LogP contribution < -0.4 is 20.1 Å². The second-order valence-corrected chi connectivity index (χ2v) is 8.76. The Morgan fingerprint density at radius 1 is 0.853 bits per heavy atom. The number of fused-ring (bicyclic) bond motifs is 2. The number of hydrogen-bond donors (Lipinski definition) is 2. The molecule has 34 heavy (non-hydrogen) atoms. The van der Waals surface area contributed by atoms with Crippen LogP contribution in [0.3, 0.4) is 0 Å². The Bertz CT molecular complexity index is 1180. The van der Waals surface area contributed by atoms with E-state index >= 15 is 0 Å². The lowest BCUT2D eigenvalue weighted by atomic mass is 10.2. The third-order valence-electron chi connectivity index (χ3n) is 5.71. The molecule has 0 aliphatic rings. The van der Waals surface area contributed by atoms with E-state index in [0.717, 1.165) is 90.4 Å². The summed E-state index contributed by atoms with van der Waals surface area (Å²) in [6.07, 6.45) is 2.97. The van der Waals surface area contributed by atoms with Crippen LogP contribution in [0.4, 0.5) is 0 Å². The highest BCUT2D eigenvalue weighted by molar-refractivity contribution is 5.80. The van der Waals surface area contributed by atoms with Gasteiger partial charge in [-0.2, -0.15) is 0 Å². The van der Waals surface area contributed by atoms with Crippen molar-refractivity contribution in [2.45, 2.75) is 46.1 Å². The van der Waals surface area contributed by atoms with Gasteiger partial charge in [0.1, 0.15) is 40.3 Å². The Hall–Kier alpha value is -2.96. The molecule has 2 aromatic heterocycles. The largest absolute Gasteiger partial charge is 0.494 e. The Balaban J connectivity index is 1.16. The molecule has 0 unspecified atom stereocenters. The van der Waals surface area contributed by atoms with Crippen molar-refractivity contribution in [3.63, 3.8) is 0 Å². The quantitative estimate of drug-likeness (QED) is 0.228. The number of nitrogens with one attached hydrogen (secondary N) is 2. The van der Waals surface area contributed by atoms with E-state index in [0.29, 0.717) is 6.61 Å². The van der Waals surface area contributed by atoms with Crippen molar-refractivity contribution in [3.05, 3.63) is 60.1 Å². The fourth-order valence-electron chi connectivity index (χ4n) is 4.05. The molecule has 0 amide bonds. The van der Waals surface area contributed by atoms with Crippen LogP contribution in [0.1, 0.15) is 38.2 Å². The van der Waals surface area contributed by atoms with Crippen molar-refractivity contribution >= 4 is 21.9 Å². The lowest BCUT2D eigenvalue weighted by molar-refractivity contribution is 0.217. The third kappa shape index (κ3) is 6.78. The molecule has 0 saturated heterocycles. The number of ether oxygens (including phenoxy) is 2. The van der Waals surface area contributed by atoms with Gasteiger partial charge in [-0.3, -0.25) is 0 Å². The molecule has 0 saturated carbocycles. The number of aryl methyl sites for hydroxylation is 2.